The van der Waals surface area contributed by atoms with Gasteiger partial charge in [0.2, 0.25) is 0 Å². The summed E-state index contributed by atoms with van der Waals surface area (Å²) >= 11 is 0. The van der Waals surface area contributed by atoms with Crippen molar-refractivity contribution in [3.63, 3.8) is 0 Å². The van der Waals surface area contributed by atoms with E-state index >= 15 is 0 Å². The van der Waals surface area contributed by atoms with E-state index in [1.165, 1.54) is 11.8 Å². The topological polar surface area (TPSA) is 95.3 Å². The number of carbonyl (C=O) groups is 2. The van der Waals surface area contributed by atoms with Crippen molar-refractivity contribution in [2.45, 2.75) is 51.3 Å². The lowest BCUT2D eigenvalue weighted by molar-refractivity contribution is -0.144. The summed E-state index contributed by atoms with van der Waals surface area (Å²) in [5, 5.41) is 11.4. The first-order valence-electron chi connectivity index (χ1n) is 10.8. The first-order valence-corrected chi connectivity index (χ1v) is 10.8. The van der Waals surface area contributed by atoms with Crippen molar-refractivity contribution in [3.8, 4) is 0 Å². The lowest BCUT2D eigenvalue weighted by atomic mass is 10.0. The zero-order valence-corrected chi connectivity index (χ0v) is 19.4. The second-order valence-electron chi connectivity index (χ2n) is 8.74. The highest BCUT2D eigenvalue weighted by atomic mass is 16.6. The molecule has 2 atom stereocenters. The molecule has 0 saturated heterocycles. The van der Waals surface area contributed by atoms with Crippen molar-refractivity contribution < 1.29 is 19.1 Å². The van der Waals surface area contributed by atoms with E-state index in [-0.39, 0.29) is 0 Å². The molecule has 8 nitrogen and oxygen atoms in total. The molecule has 8 heteroatoms. The Morgan fingerprint density at radius 3 is 2.09 bits per heavy atom. The number of amides is 1. The fourth-order valence-electron chi connectivity index (χ4n) is 3.39. The van der Waals surface area contributed by atoms with Crippen LogP contribution in [0.4, 0.5) is 4.79 Å². The number of carbonyl (C=O) groups excluding carboxylic acids is 2. The average Bonchev–Trinajstić information content (AvgIpc) is 3.26. The molecule has 3 rings (SSSR count). The van der Waals surface area contributed by atoms with Crippen molar-refractivity contribution in [2.75, 3.05) is 7.11 Å². The summed E-state index contributed by atoms with van der Waals surface area (Å²) in [6, 6.07) is 18.2. The molecule has 0 radical (unpaired) electrons. The zero-order chi connectivity index (χ0) is 23.8. The van der Waals surface area contributed by atoms with E-state index < -0.39 is 29.7 Å². The van der Waals surface area contributed by atoms with Crippen LogP contribution in [-0.2, 0) is 27.1 Å². The van der Waals surface area contributed by atoms with Crippen LogP contribution in [0.1, 0.15) is 49.7 Å². The van der Waals surface area contributed by atoms with Crippen LogP contribution in [0, 0.1) is 0 Å². The maximum Gasteiger partial charge on any atom is 0.408 e. The Kier molecular flexibility index (Phi) is 7.82. The highest BCUT2D eigenvalue weighted by molar-refractivity contribution is 5.74. The lowest BCUT2D eigenvalue weighted by Gasteiger charge is -2.23. The molecule has 0 saturated carbocycles. The van der Waals surface area contributed by atoms with Crippen molar-refractivity contribution in [1.82, 2.24) is 20.3 Å². The number of hydrogen-bond acceptors (Lipinski definition) is 6. The lowest BCUT2D eigenvalue weighted by Crippen LogP contribution is -2.36. The highest BCUT2D eigenvalue weighted by Gasteiger charge is 2.27. The van der Waals surface area contributed by atoms with Crippen LogP contribution in [0.15, 0.2) is 66.9 Å². The summed E-state index contributed by atoms with van der Waals surface area (Å²) in [6.07, 6.45) is 2.02. The predicted molar refractivity (Wildman–Crippen MR) is 123 cm³/mol. The van der Waals surface area contributed by atoms with E-state index in [0.29, 0.717) is 18.5 Å². The fourth-order valence-corrected chi connectivity index (χ4v) is 3.39. The number of ether oxygens (including phenoxy) is 2. The van der Waals surface area contributed by atoms with Crippen molar-refractivity contribution >= 4 is 12.1 Å². The van der Waals surface area contributed by atoms with Gasteiger partial charge in [-0.15, -0.1) is 5.10 Å². The van der Waals surface area contributed by atoms with Crippen LogP contribution in [0.3, 0.4) is 0 Å². The van der Waals surface area contributed by atoms with E-state index in [9.17, 15) is 9.59 Å². The smallest absolute Gasteiger partial charge is 0.408 e. The Morgan fingerprint density at radius 2 is 1.55 bits per heavy atom. The molecule has 0 spiro atoms. The number of nitrogens with zero attached hydrogens (tertiary/aromatic N) is 3. The number of alkyl carbamates (subject to hydrolysis) is 1. The zero-order valence-electron chi connectivity index (χ0n) is 19.4. The van der Waals surface area contributed by atoms with Crippen molar-refractivity contribution in [1.29, 1.82) is 0 Å². The van der Waals surface area contributed by atoms with E-state index in [2.05, 4.69) is 15.6 Å². The standard InChI is InChI=1S/C25H30N4O4/c1-25(2,3)33-24(31)26-20(15-18-11-7-5-8-12-18)21-17-29(28-27-21)22(23(30)32-4)16-19-13-9-6-10-14-19/h5-14,17,20,22H,15-16H2,1-4H3,(H,26,31)/t20-,22-/m0/s1. The molecule has 0 aliphatic heterocycles. The van der Waals surface area contributed by atoms with Gasteiger partial charge < -0.3 is 14.8 Å². The van der Waals surface area contributed by atoms with E-state index in [1.807, 2.05) is 60.7 Å². The number of methoxy groups -OCH3 is 1. The Balaban J connectivity index is 1.86. The molecule has 33 heavy (non-hydrogen) atoms. The minimum absolute atomic E-state index is 0.402. The molecule has 2 aromatic carbocycles. The molecule has 1 amide bonds. The first kappa shape index (κ1) is 24.0. The molecule has 0 unspecified atom stereocenters. The maximum absolute atomic E-state index is 12.5. The largest absolute Gasteiger partial charge is 0.467 e. The summed E-state index contributed by atoms with van der Waals surface area (Å²) in [5.74, 6) is -0.421. The Bertz CT molecular complexity index is 1050. The summed E-state index contributed by atoms with van der Waals surface area (Å²) in [5.41, 5.74) is 1.87. The Labute approximate surface area is 193 Å². The molecule has 174 valence electrons. The number of rotatable bonds is 8. The monoisotopic (exact) mass is 450 g/mol. The van der Waals surface area contributed by atoms with Crippen LogP contribution in [0.2, 0.25) is 0 Å². The van der Waals surface area contributed by atoms with Gasteiger partial charge in [0.15, 0.2) is 6.04 Å². The van der Waals surface area contributed by atoms with Gasteiger partial charge in [0, 0.05) is 6.42 Å². The molecule has 3 aromatic rings. The van der Waals surface area contributed by atoms with Crippen molar-refractivity contribution in [3.05, 3.63) is 83.7 Å². The third-order valence-corrected chi connectivity index (χ3v) is 4.92. The number of aromatic nitrogens is 3. The molecule has 0 fully saturated rings. The van der Waals surface area contributed by atoms with Crippen LogP contribution < -0.4 is 5.32 Å². The summed E-state index contributed by atoms with van der Waals surface area (Å²) in [6.45, 7) is 5.42. The van der Waals surface area contributed by atoms with Gasteiger partial charge in [-0.1, -0.05) is 65.9 Å². The molecule has 0 bridgehead atoms. The molecule has 1 N–H and O–H groups in total. The normalized spacial score (nSPS) is 13.1. The van der Waals surface area contributed by atoms with Gasteiger partial charge in [0.05, 0.1) is 19.3 Å². The number of hydrogen-bond donors (Lipinski definition) is 1. The SMILES string of the molecule is COC(=O)[C@H](Cc1ccccc1)n1cc([C@H](Cc2ccccc2)NC(=O)OC(C)(C)C)nn1. The summed E-state index contributed by atoms with van der Waals surface area (Å²) < 4.78 is 11.9. The Hall–Kier alpha value is -3.68. The predicted octanol–water partition coefficient (Wildman–Crippen LogP) is 4.04. The third-order valence-electron chi connectivity index (χ3n) is 4.92. The molecule has 0 aliphatic rings. The van der Waals surface area contributed by atoms with E-state index in [4.69, 9.17) is 9.47 Å². The molecule has 0 aliphatic carbocycles. The molecule has 1 heterocycles. The molecular weight excluding hydrogens is 420 g/mol. The van der Waals surface area contributed by atoms with Gasteiger partial charge in [0.25, 0.3) is 0 Å². The summed E-state index contributed by atoms with van der Waals surface area (Å²) in [7, 11) is 1.35. The number of benzene rings is 2. The van der Waals surface area contributed by atoms with Gasteiger partial charge in [0.1, 0.15) is 11.3 Å². The minimum atomic E-state index is -0.683. The highest BCUT2D eigenvalue weighted by Crippen LogP contribution is 2.21. The van der Waals surface area contributed by atoms with Crippen LogP contribution >= 0.6 is 0 Å². The third kappa shape index (κ3) is 7.17. The van der Waals surface area contributed by atoms with Crippen LogP contribution in [0.5, 0.6) is 0 Å². The first-order chi connectivity index (χ1) is 15.7. The Morgan fingerprint density at radius 1 is 0.970 bits per heavy atom. The van der Waals surface area contributed by atoms with Crippen LogP contribution in [0.25, 0.3) is 0 Å². The molecule has 1 aromatic heterocycles. The fraction of sp³-hybridized carbons (Fsp3) is 0.360. The van der Waals surface area contributed by atoms with E-state index in [1.54, 1.807) is 27.0 Å². The van der Waals surface area contributed by atoms with Gasteiger partial charge in [-0.3, -0.25) is 0 Å². The number of nitrogens with one attached hydrogen (secondary N) is 1. The van der Waals surface area contributed by atoms with Gasteiger partial charge in [-0.2, -0.15) is 0 Å². The maximum atomic E-state index is 12.5. The number of esters is 1. The van der Waals surface area contributed by atoms with E-state index in [0.717, 1.165) is 11.1 Å². The van der Waals surface area contributed by atoms with Crippen molar-refractivity contribution in [2.24, 2.45) is 0 Å². The minimum Gasteiger partial charge on any atom is -0.467 e. The second kappa shape index (κ2) is 10.8. The summed E-state index contributed by atoms with van der Waals surface area (Å²) in [4.78, 5) is 25.0. The van der Waals surface area contributed by atoms with Gasteiger partial charge in [-0.25, -0.2) is 14.3 Å². The van der Waals surface area contributed by atoms with Gasteiger partial charge >= 0.3 is 12.1 Å². The molecular formula is C25H30N4O4. The van der Waals surface area contributed by atoms with Gasteiger partial charge in [-0.05, 0) is 38.3 Å². The second-order valence-corrected chi connectivity index (χ2v) is 8.74. The van der Waals surface area contributed by atoms with Crippen LogP contribution in [-0.4, -0.2) is 39.8 Å². The quantitative estimate of drug-likeness (QED) is 0.521. The average molecular weight is 451 g/mol.